The summed E-state index contributed by atoms with van der Waals surface area (Å²) >= 11 is 1.06. The fraction of sp³-hybridized carbons (Fsp3) is 0.389. The standard InChI is InChI=1S/C18H21NO3S2/c1-12-4-5-15(13(2)10-12)14-8-9-19(11-14)18(20)16-6-7-17(23-16)24(3,21)22/h4-7,10,14H,8-9,11H2,1-3H3/t14-/m1/s1. The van der Waals surface area contributed by atoms with Crippen LogP contribution in [0.4, 0.5) is 0 Å². The quantitative estimate of drug-likeness (QED) is 0.840. The first-order valence-electron chi connectivity index (χ1n) is 7.92. The van der Waals surface area contributed by atoms with Gasteiger partial charge in [-0.25, -0.2) is 8.42 Å². The van der Waals surface area contributed by atoms with E-state index < -0.39 is 9.84 Å². The lowest BCUT2D eigenvalue weighted by molar-refractivity contribution is 0.0795. The molecular formula is C18H21NO3S2. The molecule has 3 rings (SSSR count). The van der Waals surface area contributed by atoms with E-state index in [9.17, 15) is 13.2 Å². The number of thiophene rings is 1. The Morgan fingerprint density at radius 1 is 1.21 bits per heavy atom. The van der Waals surface area contributed by atoms with Crippen molar-refractivity contribution in [1.29, 1.82) is 0 Å². The second kappa shape index (κ2) is 6.33. The Kier molecular flexibility index (Phi) is 4.53. The van der Waals surface area contributed by atoms with Gasteiger partial charge in [-0.1, -0.05) is 23.8 Å². The van der Waals surface area contributed by atoms with E-state index in [0.717, 1.165) is 17.8 Å². The van der Waals surface area contributed by atoms with Crippen molar-refractivity contribution in [2.75, 3.05) is 19.3 Å². The van der Waals surface area contributed by atoms with E-state index in [1.807, 2.05) is 4.90 Å². The average Bonchev–Trinajstić information content (AvgIpc) is 3.15. The highest BCUT2D eigenvalue weighted by Crippen LogP contribution is 2.32. The Bertz CT molecular complexity index is 883. The van der Waals surface area contributed by atoms with Gasteiger partial charge in [0, 0.05) is 25.3 Å². The van der Waals surface area contributed by atoms with Gasteiger partial charge in [-0.05, 0) is 43.5 Å². The maximum Gasteiger partial charge on any atom is 0.263 e. The molecule has 1 aromatic heterocycles. The van der Waals surface area contributed by atoms with E-state index >= 15 is 0 Å². The van der Waals surface area contributed by atoms with E-state index in [1.54, 1.807) is 6.07 Å². The fourth-order valence-corrected chi connectivity index (χ4v) is 5.17. The van der Waals surface area contributed by atoms with Crippen molar-refractivity contribution < 1.29 is 13.2 Å². The molecule has 128 valence electrons. The maximum atomic E-state index is 12.6. The average molecular weight is 364 g/mol. The van der Waals surface area contributed by atoms with Crippen LogP contribution in [0.2, 0.25) is 0 Å². The molecule has 1 atom stereocenters. The van der Waals surface area contributed by atoms with Crippen LogP contribution in [0.5, 0.6) is 0 Å². The third kappa shape index (κ3) is 3.39. The maximum absolute atomic E-state index is 12.6. The van der Waals surface area contributed by atoms with Gasteiger partial charge in [0.05, 0.1) is 4.88 Å². The number of aryl methyl sites for hydroxylation is 2. The smallest absolute Gasteiger partial charge is 0.263 e. The lowest BCUT2D eigenvalue weighted by Crippen LogP contribution is -2.27. The summed E-state index contributed by atoms with van der Waals surface area (Å²) in [6, 6.07) is 9.59. The molecule has 1 aromatic carbocycles. The molecule has 1 saturated heterocycles. The Morgan fingerprint density at radius 3 is 2.58 bits per heavy atom. The molecular weight excluding hydrogens is 342 g/mol. The minimum absolute atomic E-state index is 0.0674. The van der Waals surface area contributed by atoms with Crippen molar-refractivity contribution in [3.63, 3.8) is 0 Å². The van der Waals surface area contributed by atoms with Crippen molar-refractivity contribution in [3.05, 3.63) is 51.9 Å². The van der Waals surface area contributed by atoms with Gasteiger partial charge >= 0.3 is 0 Å². The Labute approximate surface area is 147 Å². The number of amides is 1. The van der Waals surface area contributed by atoms with Gasteiger partial charge < -0.3 is 4.90 Å². The molecule has 1 fully saturated rings. The van der Waals surface area contributed by atoms with Crippen LogP contribution < -0.4 is 0 Å². The summed E-state index contributed by atoms with van der Waals surface area (Å²) in [5.41, 5.74) is 3.82. The summed E-state index contributed by atoms with van der Waals surface area (Å²) in [6.45, 7) is 5.60. The summed E-state index contributed by atoms with van der Waals surface area (Å²) in [4.78, 5) is 15.0. The SMILES string of the molecule is Cc1ccc([C@@H]2CCN(C(=O)c3ccc(S(C)(=O)=O)s3)C2)c(C)c1. The summed E-state index contributed by atoms with van der Waals surface area (Å²) < 4.78 is 23.4. The number of rotatable bonds is 3. The highest BCUT2D eigenvalue weighted by molar-refractivity contribution is 7.92. The van der Waals surface area contributed by atoms with Crippen molar-refractivity contribution in [2.45, 2.75) is 30.4 Å². The van der Waals surface area contributed by atoms with Crippen LogP contribution in [0.3, 0.4) is 0 Å². The third-order valence-electron chi connectivity index (χ3n) is 4.50. The molecule has 24 heavy (non-hydrogen) atoms. The van der Waals surface area contributed by atoms with Crippen LogP contribution in [-0.2, 0) is 9.84 Å². The van der Waals surface area contributed by atoms with Gasteiger partial charge in [0.25, 0.3) is 5.91 Å². The second-order valence-electron chi connectivity index (χ2n) is 6.49. The topological polar surface area (TPSA) is 54.5 Å². The molecule has 0 aliphatic carbocycles. The van der Waals surface area contributed by atoms with Gasteiger partial charge in [-0.15, -0.1) is 11.3 Å². The molecule has 0 N–H and O–H groups in total. The normalized spacial score (nSPS) is 18.1. The predicted molar refractivity (Wildman–Crippen MR) is 96.6 cm³/mol. The Hall–Kier alpha value is -1.66. The lowest BCUT2D eigenvalue weighted by atomic mass is 9.93. The molecule has 0 saturated carbocycles. The molecule has 0 radical (unpaired) electrons. The summed E-state index contributed by atoms with van der Waals surface area (Å²) in [5, 5.41) is 0. The number of nitrogens with zero attached hydrogens (tertiary/aromatic N) is 1. The van der Waals surface area contributed by atoms with Crippen molar-refractivity contribution in [3.8, 4) is 0 Å². The molecule has 4 nitrogen and oxygen atoms in total. The van der Waals surface area contributed by atoms with Crippen LogP contribution >= 0.6 is 11.3 Å². The van der Waals surface area contributed by atoms with E-state index in [0.29, 0.717) is 23.9 Å². The summed E-state index contributed by atoms with van der Waals surface area (Å²) in [6.07, 6.45) is 2.11. The second-order valence-corrected chi connectivity index (χ2v) is 9.81. The highest BCUT2D eigenvalue weighted by Gasteiger charge is 2.29. The van der Waals surface area contributed by atoms with Gasteiger partial charge in [-0.3, -0.25) is 4.79 Å². The van der Waals surface area contributed by atoms with Crippen LogP contribution in [0.1, 0.15) is 38.7 Å². The van der Waals surface area contributed by atoms with Crippen molar-refractivity contribution >= 4 is 27.1 Å². The lowest BCUT2D eigenvalue weighted by Gasteiger charge is -2.17. The third-order valence-corrected chi connectivity index (χ3v) is 7.39. The summed E-state index contributed by atoms with van der Waals surface area (Å²) in [7, 11) is -3.25. The largest absolute Gasteiger partial charge is 0.337 e. The van der Waals surface area contributed by atoms with Crippen molar-refractivity contribution in [1.82, 2.24) is 4.90 Å². The first-order chi connectivity index (χ1) is 11.3. The zero-order chi connectivity index (χ0) is 17.5. The minimum atomic E-state index is -3.25. The first-order valence-corrected chi connectivity index (χ1v) is 10.6. The number of hydrogen-bond acceptors (Lipinski definition) is 4. The minimum Gasteiger partial charge on any atom is -0.337 e. The van der Waals surface area contributed by atoms with Crippen molar-refractivity contribution in [2.24, 2.45) is 0 Å². The number of benzene rings is 1. The number of hydrogen-bond donors (Lipinski definition) is 0. The van der Waals surface area contributed by atoms with Gasteiger partial charge in [0.15, 0.2) is 9.84 Å². The molecule has 2 aromatic rings. The number of likely N-dealkylation sites (tertiary alicyclic amines) is 1. The predicted octanol–water partition coefficient (Wildman–Crippen LogP) is 3.40. The molecule has 0 spiro atoms. The van der Waals surface area contributed by atoms with Crippen LogP contribution in [-0.4, -0.2) is 38.6 Å². The number of sulfone groups is 1. The molecule has 2 heterocycles. The van der Waals surface area contributed by atoms with Crippen LogP contribution in [0.15, 0.2) is 34.5 Å². The molecule has 0 bridgehead atoms. The van der Waals surface area contributed by atoms with E-state index in [2.05, 4.69) is 32.0 Å². The zero-order valence-electron chi connectivity index (χ0n) is 14.1. The Morgan fingerprint density at radius 2 is 1.96 bits per heavy atom. The fourth-order valence-electron chi connectivity index (χ4n) is 3.27. The highest BCUT2D eigenvalue weighted by atomic mass is 32.2. The van der Waals surface area contributed by atoms with E-state index in [4.69, 9.17) is 0 Å². The molecule has 1 aliphatic heterocycles. The zero-order valence-corrected chi connectivity index (χ0v) is 15.7. The number of carbonyl (C=O) groups excluding carboxylic acids is 1. The summed E-state index contributed by atoms with van der Waals surface area (Å²) in [5.74, 6) is 0.283. The van der Waals surface area contributed by atoms with Gasteiger partial charge in [0.1, 0.15) is 4.21 Å². The molecule has 0 unspecified atom stereocenters. The van der Waals surface area contributed by atoms with Crippen LogP contribution in [0, 0.1) is 13.8 Å². The van der Waals surface area contributed by atoms with Gasteiger partial charge in [-0.2, -0.15) is 0 Å². The first kappa shape index (κ1) is 17.2. The number of carbonyl (C=O) groups is 1. The molecule has 1 amide bonds. The Balaban J connectivity index is 1.75. The van der Waals surface area contributed by atoms with Crippen LogP contribution in [0.25, 0.3) is 0 Å². The molecule has 1 aliphatic rings. The molecule has 6 heteroatoms. The van der Waals surface area contributed by atoms with E-state index in [-0.39, 0.29) is 10.1 Å². The van der Waals surface area contributed by atoms with E-state index in [1.165, 1.54) is 29.0 Å². The monoisotopic (exact) mass is 363 g/mol. The van der Waals surface area contributed by atoms with Gasteiger partial charge in [0.2, 0.25) is 0 Å².